The van der Waals surface area contributed by atoms with Crippen LogP contribution in [0.15, 0.2) is 30.3 Å². The van der Waals surface area contributed by atoms with E-state index in [0.717, 1.165) is 0 Å². The number of benzene rings is 1. The Hall–Kier alpha value is -1.35. The molecule has 0 radical (unpaired) electrons. The normalized spacial score (nSPS) is 16.1. The minimum atomic E-state index is -1.94. The van der Waals surface area contributed by atoms with Gasteiger partial charge in [0.05, 0.1) is 13.9 Å². The molecule has 0 aliphatic rings. The molecule has 0 spiro atoms. The monoisotopic (exact) mass is 223 g/mol. The molecule has 88 valence electrons. The smallest absolute Gasteiger partial charge is 0.309 e. The number of hydrogen-bond acceptors (Lipinski definition) is 3. The summed E-state index contributed by atoms with van der Waals surface area (Å²) in [7, 11) is 0. The molecule has 0 aliphatic carbocycles. The highest BCUT2D eigenvalue weighted by atomic mass is 16.6. The fraction of sp³-hybridized carbons (Fsp3) is 0.462. The zero-order valence-corrected chi connectivity index (χ0v) is 9.86. The van der Waals surface area contributed by atoms with Crippen LogP contribution >= 0.6 is 0 Å². The van der Waals surface area contributed by atoms with Gasteiger partial charge in [0, 0.05) is 0 Å². The van der Waals surface area contributed by atoms with E-state index in [2.05, 4.69) is 0 Å². The van der Waals surface area contributed by atoms with Gasteiger partial charge in [-0.3, -0.25) is 4.79 Å². The molecule has 0 fully saturated rings. The molecule has 1 atom stereocenters. The van der Waals surface area contributed by atoms with Gasteiger partial charge in [-0.1, -0.05) is 30.3 Å². The number of hydrogen-bond donors (Lipinski definition) is 1. The summed E-state index contributed by atoms with van der Waals surface area (Å²) >= 11 is 0. The number of esters is 1. The zero-order chi connectivity index (χ0) is 13.1. The van der Waals surface area contributed by atoms with Crippen molar-refractivity contribution < 1.29 is 16.0 Å². The molecular weight excluding hydrogens is 204 g/mol. The fourth-order valence-electron chi connectivity index (χ4n) is 1.25. The Balaban J connectivity index is 2.71. The predicted octanol–water partition coefficient (Wildman–Crippen LogP) is 2.45. The first kappa shape index (κ1) is 11.1. The minimum Gasteiger partial charge on any atom is -0.460 e. The molecule has 1 N–H and O–H groups in total. The first-order valence-corrected chi connectivity index (χ1v) is 5.20. The molecule has 0 heterocycles. The third kappa shape index (κ3) is 4.45. The Morgan fingerprint density at radius 1 is 1.44 bits per heavy atom. The van der Waals surface area contributed by atoms with Crippen LogP contribution in [-0.4, -0.2) is 16.7 Å². The van der Waals surface area contributed by atoms with Gasteiger partial charge in [0.15, 0.2) is 0 Å². The van der Waals surface area contributed by atoms with E-state index in [4.69, 9.17) is 6.11 Å². The molecule has 3 nitrogen and oxygen atoms in total. The molecule has 0 aromatic heterocycles. The SMILES string of the molecule is [2H][C@](O)(CC(=O)OC(C)(C)C)c1ccccc1. The predicted molar refractivity (Wildman–Crippen MR) is 61.9 cm³/mol. The molecule has 3 heteroatoms. The molecule has 1 aromatic rings. The van der Waals surface area contributed by atoms with Crippen LogP contribution in [0.2, 0.25) is 0 Å². The molecule has 0 unspecified atom stereocenters. The maximum atomic E-state index is 11.5. The highest BCUT2D eigenvalue weighted by Crippen LogP contribution is 2.18. The van der Waals surface area contributed by atoms with E-state index in [1.54, 1.807) is 51.1 Å². The van der Waals surface area contributed by atoms with E-state index >= 15 is 0 Å². The molecular formula is C13H18O3. The van der Waals surface area contributed by atoms with Gasteiger partial charge in [0.25, 0.3) is 0 Å². The lowest BCUT2D eigenvalue weighted by molar-refractivity contribution is -0.157. The topological polar surface area (TPSA) is 46.5 Å². The Morgan fingerprint density at radius 3 is 2.50 bits per heavy atom. The maximum absolute atomic E-state index is 11.5. The van der Waals surface area contributed by atoms with Gasteiger partial charge in [-0.2, -0.15) is 0 Å². The summed E-state index contributed by atoms with van der Waals surface area (Å²) in [5.41, 5.74) is -0.227. The maximum Gasteiger partial charge on any atom is 0.309 e. The number of carbonyl (C=O) groups is 1. The van der Waals surface area contributed by atoms with Crippen molar-refractivity contribution >= 4 is 5.97 Å². The van der Waals surface area contributed by atoms with E-state index in [1.807, 2.05) is 0 Å². The van der Waals surface area contributed by atoms with Crippen molar-refractivity contribution in [1.82, 2.24) is 0 Å². The van der Waals surface area contributed by atoms with Crippen molar-refractivity contribution in [2.75, 3.05) is 0 Å². The van der Waals surface area contributed by atoms with Gasteiger partial charge in [0.2, 0.25) is 0 Å². The largest absolute Gasteiger partial charge is 0.460 e. The minimum absolute atomic E-state index is 0.380. The number of aliphatic hydroxyl groups is 1. The lowest BCUT2D eigenvalue weighted by atomic mass is 10.1. The second kappa shape index (κ2) is 5.12. The number of rotatable bonds is 3. The van der Waals surface area contributed by atoms with E-state index in [-0.39, 0.29) is 6.42 Å². The van der Waals surface area contributed by atoms with Gasteiger partial charge in [-0.25, -0.2) is 0 Å². The quantitative estimate of drug-likeness (QED) is 0.801. The summed E-state index contributed by atoms with van der Waals surface area (Å²) in [5.74, 6) is -0.584. The van der Waals surface area contributed by atoms with Crippen LogP contribution < -0.4 is 0 Å². The summed E-state index contributed by atoms with van der Waals surface area (Å²) < 4.78 is 12.8. The average Bonchev–Trinajstić information content (AvgIpc) is 2.15. The van der Waals surface area contributed by atoms with Crippen molar-refractivity contribution in [2.45, 2.75) is 38.9 Å². The second-order valence-electron chi connectivity index (χ2n) is 4.58. The van der Waals surface area contributed by atoms with Crippen LogP contribution in [0, 0.1) is 0 Å². The van der Waals surface area contributed by atoms with Crippen LogP contribution in [-0.2, 0) is 9.53 Å². The van der Waals surface area contributed by atoms with Gasteiger partial charge in [0.1, 0.15) is 5.60 Å². The summed E-state index contributed by atoms with van der Waals surface area (Å²) in [6.45, 7) is 5.24. The summed E-state index contributed by atoms with van der Waals surface area (Å²) in [4.78, 5) is 11.5. The molecule has 0 bridgehead atoms. The molecule has 1 aromatic carbocycles. The lowest BCUT2D eigenvalue weighted by Gasteiger charge is -2.20. The molecule has 0 saturated carbocycles. The second-order valence-corrected chi connectivity index (χ2v) is 4.58. The Labute approximate surface area is 97.5 Å². The van der Waals surface area contributed by atoms with Crippen molar-refractivity contribution in [2.24, 2.45) is 0 Å². The van der Waals surface area contributed by atoms with Crippen molar-refractivity contribution in [3.8, 4) is 0 Å². The van der Waals surface area contributed by atoms with E-state index in [9.17, 15) is 9.90 Å². The standard InChI is InChI=1S/C13H18O3/c1-13(2,3)16-12(15)9-11(14)10-7-5-4-6-8-10/h4-8,11,14H,9H2,1-3H3/t11-/m0/s1/i11D. The van der Waals surface area contributed by atoms with Crippen LogP contribution in [0.3, 0.4) is 0 Å². The Morgan fingerprint density at radius 2 is 2.00 bits per heavy atom. The third-order valence-electron chi connectivity index (χ3n) is 1.84. The Kier molecular flexibility index (Phi) is 3.57. The van der Waals surface area contributed by atoms with Gasteiger partial charge in [-0.05, 0) is 26.3 Å². The van der Waals surface area contributed by atoms with Gasteiger partial charge >= 0.3 is 5.97 Å². The molecule has 1 rings (SSSR count). The molecule has 0 aliphatic heterocycles. The lowest BCUT2D eigenvalue weighted by Crippen LogP contribution is -2.24. The average molecular weight is 223 g/mol. The fourth-order valence-corrected chi connectivity index (χ4v) is 1.25. The van der Waals surface area contributed by atoms with E-state index in [0.29, 0.717) is 5.56 Å². The highest BCUT2D eigenvalue weighted by Gasteiger charge is 2.19. The van der Waals surface area contributed by atoms with Crippen LogP contribution in [0.4, 0.5) is 0 Å². The number of ether oxygens (including phenoxy) is 1. The van der Waals surface area contributed by atoms with Crippen molar-refractivity contribution in [3.63, 3.8) is 0 Å². The van der Waals surface area contributed by atoms with Crippen molar-refractivity contribution in [3.05, 3.63) is 35.9 Å². The zero-order valence-electron chi connectivity index (χ0n) is 10.9. The summed E-state index contributed by atoms with van der Waals surface area (Å²) in [6.07, 6.45) is -2.32. The highest BCUT2D eigenvalue weighted by molar-refractivity contribution is 5.70. The van der Waals surface area contributed by atoms with Crippen LogP contribution in [0.1, 0.15) is 40.2 Å². The van der Waals surface area contributed by atoms with Gasteiger partial charge < -0.3 is 9.84 Å². The molecule has 0 saturated heterocycles. The Bertz CT molecular complexity index is 379. The number of carbonyl (C=O) groups excluding carboxylic acids is 1. The van der Waals surface area contributed by atoms with E-state index in [1.165, 1.54) is 0 Å². The van der Waals surface area contributed by atoms with Crippen molar-refractivity contribution in [1.29, 1.82) is 0 Å². The van der Waals surface area contributed by atoms with Gasteiger partial charge in [-0.15, -0.1) is 0 Å². The third-order valence-corrected chi connectivity index (χ3v) is 1.84. The summed E-state index contributed by atoms with van der Waals surface area (Å²) in [6, 6.07) is 8.43. The first-order chi connectivity index (χ1) is 7.71. The molecule has 0 amide bonds. The summed E-state index contributed by atoms with van der Waals surface area (Å²) in [5, 5.41) is 9.92. The van der Waals surface area contributed by atoms with Crippen LogP contribution in [0.5, 0.6) is 0 Å². The van der Waals surface area contributed by atoms with E-state index < -0.39 is 17.7 Å². The first-order valence-electron chi connectivity index (χ1n) is 5.70. The van der Waals surface area contributed by atoms with Crippen LogP contribution in [0.25, 0.3) is 0 Å². The molecule has 16 heavy (non-hydrogen) atoms.